The number of esters is 1. The van der Waals surface area contributed by atoms with Gasteiger partial charge in [-0.05, 0) is 18.2 Å². The van der Waals surface area contributed by atoms with Gasteiger partial charge in [-0.2, -0.15) is 0 Å². The average Bonchev–Trinajstić information content (AvgIpc) is 2.81. The van der Waals surface area contributed by atoms with Gasteiger partial charge in [0.1, 0.15) is 4.90 Å². The highest BCUT2D eigenvalue weighted by atomic mass is 32.2. The fraction of sp³-hybridized carbons (Fsp3) is 0.333. The molecule has 0 saturated carbocycles. The third kappa shape index (κ3) is 3.31. The Kier molecular flexibility index (Phi) is 4.14. The molecule has 1 amide bonds. The molecule has 1 saturated heterocycles. The van der Waals surface area contributed by atoms with Gasteiger partial charge >= 0.3 is 5.97 Å². The molecule has 2 rings (SSSR count). The molecule has 21 heavy (non-hydrogen) atoms. The van der Waals surface area contributed by atoms with E-state index in [9.17, 15) is 18.0 Å². The van der Waals surface area contributed by atoms with Crippen LogP contribution in [-0.2, 0) is 19.6 Å². The van der Waals surface area contributed by atoms with Gasteiger partial charge in [0.15, 0.2) is 0 Å². The Morgan fingerprint density at radius 2 is 2.19 bits per heavy atom. The van der Waals surface area contributed by atoms with E-state index in [1.54, 1.807) is 0 Å². The van der Waals surface area contributed by atoms with E-state index in [4.69, 9.17) is 5.73 Å². The number of carbonyl (C=O) groups is 2. The van der Waals surface area contributed by atoms with Crippen LogP contribution in [0.3, 0.4) is 0 Å². The summed E-state index contributed by atoms with van der Waals surface area (Å²) in [5, 5.41) is 2.53. The van der Waals surface area contributed by atoms with E-state index in [-0.39, 0.29) is 35.0 Å². The Bertz CT molecular complexity index is 686. The minimum atomic E-state index is -3.87. The summed E-state index contributed by atoms with van der Waals surface area (Å²) in [6.45, 7) is 0.234. The van der Waals surface area contributed by atoms with E-state index in [1.165, 1.54) is 25.3 Å². The maximum absolute atomic E-state index is 12.2. The predicted molar refractivity (Wildman–Crippen MR) is 73.9 cm³/mol. The molecule has 9 heteroatoms. The minimum absolute atomic E-state index is 0.0670. The molecule has 1 aromatic rings. The van der Waals surface area contributed by atoms with E-state index in [0.717, 1.165) is 0 Å². The number of methoxy groups -OCH3 is 1. The molecule has 0 radical (unpaired) electrons. The van der Waals surface area contributed by atoms with Crippen molar-refractivity contribution in [3.63, 3.8) is 0 Å². The molecule has 1 aliphatic rings. The number of nitrogen functional groups attached to an aromatic ring is 1. The van der Waals surface area contributed by atoms with Crippen molar-refractivity contribution in [1.29, 1.82) is 0 Å². The Morgan fingerprint density at radius 3 is 2.71 bits per heavy atom. The van der Waals surface area contributed by atoms with Gasteiger partial charge in [0, 0.05) is 19.0 Å². The normalized spacial score (nSPS) is 18.3. The summed E-state index contributed by atoms with van der Waals surface area (Å²) >= 11 is 0. The fourth-order valence-corrected chi connectivity index (χ4v) is 3.36. The van der Waals surface area contributed by atoms with Crippen LogP contribution < -0.4 is 15.8 Å². The largest absolute Gasteiger partial charge is 0.465 e. The predicted octanol–water partition coefficient (Wildman–Crippen LogP) is -0.778. The molecule has 1 aliphatic heterocycles. The third-order valence-corrected chi connectivity index (χ3v) is 4.61. The number of hydrogen-bond acceptors (Lipinski definition) is 6. The summed E-state index contributed by atoms with van der Waals surface area (Å²) in [5.41, 5.74) is 5.78. The SMILES string of the molecule is COC(=O)c1ccc(S(=O)(=O)NC2CNC(=O)C2)c(N)c1. The maximum atomic E-state index is 12.2. The Labute approximate surface area is 121 Å². The summed E-state index contributed by atoms with van der Waals surface area (Å²) in [5.74, 6) is -0.819. The lowest BCUT2D eigenvalue weighted by Crippen LogP contribution is -2.36. The standard InChI is InChI=1S/C12H15N3O5S/c1-20-12(17)7-2-3-10(9(13)4-7)21(18,19)15-8-5-11(16)14-6-8/h2-4,8,15H,5-6,13H2,1H3,(H,14,16). The van der Waals surface area contributed by atoms with E-state index >= 15 is 0 Å². The number of hydrogen-bond donors (Lipinski definition) is 3. The van der Waals surface area contributed by atoms with E-state index in [1.807, 2.05) is 0 Å². The number of anilines is 1. The second-order valence-corrected chi connectivity index (χ2v) is 6.25. The zero-order valence-corrected chi connectivity index (χ0v) is 12.1. The molecule has 0 bridgehead atoms. The smallest absolute Gasteiger partial charge is 0.337 e. The maximum Gasteiger partial charge on any atom is 0.337 e. The molecule has 0 spiro atoms. The van der Waals surface area contributed by atoms with E-state index < -0.39 is 22.0 Å². The second kappa shape index (κ2) is 5.70. The molecule has 1 atom stereocenters. The number of ether oxygens (including phenoxy) is 1. The van der Waals surface area contributed by atoms with Gasteiger partial charge in [-0.1, -0.05) is 0 Å². The summed E-state index contributed by atoms with van der Waals surface area (Å²) < 4.78 is 31.4. The van der Waals surface area contributed by atoms with Crippen LogP contribution in [0.15, 0.2) is 23.1 Å². The lowest BCUT2D eigenvalue weighted by molar-refractivity contribution is -0.119. The van der Waals surface area contributed by atoms with Crippen LogP contribution in [0.25, 0.3) is 0 Å². The average molecular weight is 313 g/mol. The van der Waals surface area contributed by atoms with Gasteiger partial charge in [0.25, 0.3) is 0 Å². The molecule has 0 aromatic heterocycles. The number of benzene rings is 1. The van der Waals surface area contributed by atoms with Crippen LogP contribution in [0.4, 0.5) is 5.69 Å². The Hall–Kier alpha value is -2.13. The van der Waals surface area contributed by atoms with Crippen LogP contribution in [0, 0.1) is 0 Å². The van der Waals surface area contributed by atoms with Crippen LogP contribution in [0.2, 0.25) is 0 Å². The van der Waals surface area contributed by atoms with Crippen molar-refractivity contribution in [2.45, 2.75) is 17.4 Å². The first-order valence-electron chi connectivity index (χ1n) is 6.10. The molecule has 0 aliphatic carbocycles. The van der Waals surface area contributed by atoms with Gasteiger partial charge in [-0.25, -0.2) is 17.9 Å². The highest BCUT2D eigenvalue weighted by Crippen LogP contribution is 2.21. The summed E-state index contributed by atoms with van der Waals surface area (Å²) in [6, 6.07) is 3.27. The first-order valence-corrected chi connectivity index (χ1v) is 7.58. The Balaban J connectivity index is 2.24. The van der Waals surface area contributed by atoms with Crippen molar-refractivity contribution in [2.24, 2.45) is 0 Å². The molecule has 4 N–H and O–H groups in total. The molecule has 1 heterocycles. The molecule has 8 nitrogen and oxygen atoms in total. The third-order valence-electron chi connectivity index (χ3n) is 3.02. The van der Waals surface area contributed by atoms with Crippen LogP contribution in [0.5, 0.6) is 0 Å². The fourth-order valence-electron chi connectivity index (χ4n) is 2.01. The number of nitrogens with one attached hydrogen (secondary N) is 2. The zero-order chi connectivity index (χ0) is 15.6. The molecule has 1 unspecified atom stereocenters. The van der Waals surface area contributed by atoms with Gasteiger partial charge in [0.05, 0.1) is 18.4 Å². The van der Waals surface area contributed by atoms with Gasteiger partial charge in [-0.15, -0.1) is 0 Å². The highest BCUT2D eigenvalue weighted by molar-refractivity contribution is 7.89. The van der Waals surface area contributed by atoms with Crippen molar-refractivity contribution in [3.8, 4) is 0 Å². The Morgan fingerprint density at radius 1 is 1.48 bits per heavy atom. The van der Waals surface area contributed by atoms with Crippen molar-refractivity contribution in [1.82, 2.24) is 10.0 Å². The monoisotopic (exact) mass is 313 g/mol. The summed E-state index contributed by atoms with van der Waals surface area (Å²) in [7, 11) is -2.65. The van der Waals surface area contributed by atoms with Crippen LogP contribution >= 0.6 is 0 Å². The molecular weight excluding hydrogens is 298 g/mol. The topological polar surface area (TPSA) is 128 Å². The van der Waals surface area contributed by atoms with E-state index in [0.29, 0.717) is 0 Å². The van der Waals surface area contributed by atoms with Crippen molar-refractivity contribution in [3.05, 3.63) is 23.8 Å². The van der Waals surface area contributed by atoms with Gasteiger partial charge in [0.2, 0.25) is 15.9 Å². The molecular formula is C12H15N3O5S. The van der Waals surface area contributed by atoms with Crippen molar-refractivity contribution >= 4 is 27.6 Å². The van der Waals surface area contributed by atoms with Crippen molar-refractivity contribution in [2.75, 3.05) is 19.4 Å². The first kappa shape index (κ1) is 15.3. The van der Waals surface area contributed by atoms with Crippen molar-refractivity contribution < 1.29 is 22.7 Å². The molecule has 114 valence electrons. The molecule has 1 fully saturated rings. The number of carbonyl (C=O) groups excluding carboxylic acids is 2. The quantitative estimate of drug-likeness (QED) is 0.494. The minimum Gasteiger partial charge on any atom is -0.465 e. The zero-order valence-electron chi connectivity index (χ0n) is 11.3. The summed E-state index contributed by atoms with van der Waals surface area (Å²) in [6.07, 6.45) is 0.0827. The number of nitrogens with two attached hydrogens (primary N) is 1. The number of amides is 1. The van der Waals surface area contributed by atoms with Crippen LogP contribution in [-0.4, -0.2) is 40.0 Å². The lowest BCUT2D eigenvalue weighted by Gasteiger charge is -2.13. The molecule has 1 aromatic carbocycles. The lowest BCUT2D eigenvalue weighted by atomic mass is 10.2. The summed E-state index contributed by atoms with van der Waals surface area (Å²) in [4.78, 5) is 22.3. The van der Waals surface area contributed by atoms with Gasteiger partial charge in [-0.3, -0.25) is 4.79 Å². The highest BCUT2D eigenvalue weighted by Gasteiger charge is 2.28. The number of sulfonamides is 1. The number of rotatable bonds is 4. The first-order chi connectivity index (χ1) is 9.83. The van der Waals surface area contributed by atoms with Crippen LogP contribution in [0.1, 0.15) is 16.8 Å². The van der Waals surface area contributed by atoms with E-state index in [2.05, 4.69) is 14.8 Å². The van der Waals surface area contributed by atoms with Gasteiger partial charge < -0.3 is 15.8 Å². The second-order valence-electron chi connectivity index (χ2n) is 4.57.